The predicted octanol–water partition coefficient (Wildman–Crippen LogP) is 2.03. The number of hydrogen-bond acceptors (Lipinski definition) is 8. The number of aliphatic hydroxyl groups is 1. The second-order valence-electron chi connectivity index (χ2n) is 9.32. The van der Waals surface area contributed by atoms with Crippen molar-refractivity contribution >= 4 is 36.0 Å². The Labute approximate surface area is 224 Å². The minimum Gasteiger partial charge on any atom is -0.391 e. The van der Waals surface area contributed by atoms with Crippen LogP contribution >= 0.6 is 0 Å². The van der Waals surface area contributed by atoms with Gasteiger partial charge in [0, 0.05) is 50.5 Å². The standard InChI is InChI=1S/C27H31N7O2.CH5N/c1-29-27(20-2-7-26(21(14-20)15-28)34-9-8-25(35)16-34)31-19-30-22-3-5-23(6-4-22)32-10-12-33(13-11-32)24-17-36-18-24;1-2/h2-7,14,19,24-25,35H,1,8-13,16-18H2;2H2,1H3/t25-;/m0./s1. The molecule has 0 bridgehead atoms. The number of aliphatic imine (C=N–C) groups is 3. The normalized spacial score (nSPS) is 20.6. The molecule has 0 amide bonds. The van der Waals surface area contributed by atoms with Gasteiger partial charge in [-0.25, -0.2) is 15.0 Å². The summed E-state index contributed by atoms with van der Waals surface area (Å²) in [7, 11) is 1.50. The molecule has 1 atom stereocenters. The molecule has 0 aliphatic carbocycles. The number of ether oxygens (including phenoxy) is 1. The first kappa shape index (κ1) is 27.4. The van der Waals surface area contributed by atoms with Crippen molar-refractivity contribution in [1.82, 2.24) is 4.90 Å². The smallest absolute Gasteiger partial charge is 0.160 e. The fourth-order valence-corrected chi connectivity index (χ4v) is 4.89. The molecule has 0 radical (unpaired) electrons. The van der Waals surface area contributed by atoms with Gasteiger partial charge in [-0.3, -0.25) is 4.90 Å². The third-order valence-electron chi connectivity index (χ3n) is 7.08. The molecular formula is C28H36N8O2. The summed E-state index contributed by atoms with van der Waals surface area (Å²) in [4.78, 5) is 19.8. The zero-order chi connectivity index (χ0) is 26.9. The quantitative estimate of drug-likeness (QED) is 0.444. The van der Waals surface area contributed by atoms with Gasteiger partial charge < -0.3 is 25.4 Å². The number of benzene rings is 2. The summed E-state index contributed by atoms with van der Waals surface area (Å²) in [5.41, 5.74) is 8.53. The van der Waals surface area contributed by atoms with Crippen molar-refractivity contribution in [3.63, 3.8) is 0 Å². The lowest BCUT2D eigenvalue weighted by atomic mass is 10.1. The van der Waals surface area contributed by atoms with E-state index in [1.165, 1.54) is 19.1 Å². The van der Waals surface area contributed by atoms with E-state index in [4.69, 9.17) is 4.74 Å². The summed E-state index contributed by atoms with van der Waals surface area (Å²) < 4.78 is 5.32. The number of amidine groups is 1. The van der Waals surface area contributed by atoms with E-state index < -0.39 is 0 Å². The van der Waals surface area contributed by atoms with Gasteiger partial charge in [0.25, 0.3) is 0 Å². The minimum absolute atomic E-state index is 0.355. The van der Waals surface area contributed by atoms with Crippen LogP contribution in [-0.2, 0) is 4.74 Å². The van der Waals surface area contributed by atoms with Crippen LogP contribution in [0.15, 0.2) is 57.4 Å². The molecule has 5 rings (SSSR count). The van der Waals surface area contributed by atoms with E-state index in [2.05, 4.69) is 55.4 Å². The summed E-state index contributed by atoms with van der Waals surface area (Å²) in [6.45, 7) is 10.8. The fourth-order valence-electron chi connectivity index (χ4n) is 4.89. The Balaban J connectivity index is 0.00000164. The van der Waals surface area contributed by atoms with Crippen molar-refractivity contribution in [2.24, 2.45) is 20.7 Å². The second kappa shape index (κ2) is 13.3. The summed E-state index contributed by atoms with van der Waals surface area (Å²) >= 11 is 0. The third kappa shape index (κ3) is 6.44. The maximum Gasteiger partial charge on any atom is 0.160 e. The van der Waals surface area contributed by atoms with Crippen LogP contribution in [0.3, 0.4) is 0 Å². The third-order valence-corrected chi connectivity index (χ3v) is 7.08. The van der Waals surface area contributed by atoms with Gasteiger partial charge in [0.2, 0.25) is 0 Å². The number of aliphatic hydroxyl groups excluding tert-OH is 1. The van der Waals surface area contributed by atoms with Gasteiger partial charge in [-0.05, 0) is 62.7 Å². The van der Waals surface area contributed by atoms with Crippen molar-refractivity contribution in [1.29, 1.82) is 5.26 Å². The van der Waals surface area contributed by atoms with E-state index >= 15 is 0 Å². The molecular weight excluding hydrogens is 480 g/mol. The van der Waals surface area contributed by atoms with Crippen LogP contribution < -0.4 is 15.5 Å². The van der Waals surface area contributed by atoms with Gasteiger partial charge in [-0.2, -0.15) is 5.26 Å². The number of anilines is 2. The van der Waals surface area contributed by atoms with Crippen molar-refractivity contribution in [3.05, 3.63) is 53.6 Å². The van der Waals surface area contributed by atoms with Crippen LogP contribution in [0, 0.1) is 11.3 Å². The Morgan fingerprint density at radius 1 is 1.08 bits per heavy atom. The molecule has 3 fully saturated rings. The molecule has 3 heterocycles. The van der Waals surface area contributed by atoms with E-state index in [0.717, 1.165) is 57.3 Å². The molecule has 0 spiro atoms. The highest BCUT2D eigenvalue weighted by atomic mass is 16.5. The number of rotatable bonds is 6. The molecule has 38 heavy (non-hydrogen) atoms. The number of nitriles is 1. The molecule has 0 saturated carbocycles. The van der Waals surface area contributed by atoms with Crippen molar-refractivity contribution in [2.45, 2.75) is 18.6 Å². The average molecular weight is 517 g/mol. The first-order chi connectivity index (χ1) is 18.6. The van der Waals surface area contributed by atoms with Gasteiger partial charge >= 0.3 is 0 Å². The molecule has 10 heteroatoms. The molecule has 3 N–H and O–H groups in total. The van der Waals surface area contributed by atoms with Gasteiger partial charge in [-0.1, -0.05) is 0 Å². The van der Waals surface area contributed by atoms with Crippen LogP contribution in [0.4, 0.5) is 17.1 Å². The molecule has 2 aromatic rings. The van der Waals surface area contributed by atoms with Crippen LogP contribution in [-0.4, -0.2) is 101 Å². The number of hydrogen-bond donors (Lipinski definition) is 2. The van der Waals surface area contributed by atoms with E-state index in [0.29, 0.717) is 36.0 Å². The maximum atomic E-state index is 9.83. The fraction of sp³-hybridized carbons (Fsp3) is 0.429. The lowest BCUT2D eigenvalue weighted by molar-refractivity contribution is -0.0660. The van der Waals surface area contributed by atoms with Gasteiger partial charge in [-0.15, -0.1) is 0 Å². The topological polar surface area (TPSA) is 126 Å². The Bertz CT molecular complexity index is 1180. The Hall–Kier alpha value is -3.62. The van der Waals surface area contributed by atoms with Gasteiger partial charge in [0.1, 0.15) is 12.4 Å². The second-order valence-corrected chi connectivity index (χ2v) is 9.32. The molecule has 0 unspecified atom stereocenters. The summed E-state index contributed by atoms with van der Waals surface area (Å²) in [6.07, 6.45) is 1.82. The highest BCUT2D eigenvalue weighted by Gasteiger charge is 2.29. The maximum absolute atomic E-state index is 9.83. The number of piperazine rings is 1. The Morgan fingerprint density at radius 3 is 2.39 bits per heavy atom. The van der Waals surface area contributed by atoms with Crippen LogP contribution in [0.2, 0.25) is 0 Å². The largest absolute Gasteiger partial charge is 0.391 e. The zero-order valence-corrected chi connectivity index (χ0v) is 21.9. The summed E-state index contributed by atoms with van der Waals surface area (Å²) in [5, 5.41) is 19.5. The first-order valence-corrected chi connectivity index (χ1v) is 12.9. The van der Waals surface area contributed by atoms with Gasteiger partial charge in [0.05, 0.1) is 42.3 Å². The monoisotopic (exact) mass is 516 g/mol. The number of nitrogens with zero attached hydrogens (tertiary/aromatic N) is 7. The van der Waals surface area contributed by atoms with Crippen LogP contribution in [0.25, 0.3) is 0 Å². The van der Waals surface area contributed by atoms with Gasteiger partial charge in [0.15, 0.2) is 5.84 Å². The summed E-state index contributed by atoms with van der Waals surface area (Å²) in [6, 6.07) is 16.5. The molecule has 0 aromatic heterocycles. The van der Waals surface area contributed by atoms with Crippen molar-refractivity contribution in [3.8, 4) is 6.07 Å². The van der Waals surface area contributed by atoms with Crippen molar-refractivity contribution < 1.29 is 9.84 Å². The minimum atomic E-state index is -0.355. The SMILES string of the molecule is C=NC(=NC=Nc1ccc(N2CCN(C3COC3)CC2)cc1)c1ccc(N2CC[C@H](O)C2)c(C#N)c1.CN. The van der Waals surface area contributed by atoms with E-state index in [1.54, 1.807) is 6.07 Å². The van der Waals surface area contributed by atoms with Crippen LogP contribution in [0.5, 0.6) is 0 Å². The molecule has 3 saturated heterocycles. The average Bonchev–Trinajstić information content (AvgIpc) is 3.38. The van der Waals surface area contributed by atoms with E-state index in [1.807, 2.05) is 29.2 Å². The lowest BCUT2D eigenvalue weighted by Crippen LogP contribution is -2.56. The molecule has 10 nitrogen and oxygen atoms in total. The number of nitrogens with two attached hydrogens (primary N) is 1. The zero-order valence-electron chi connectivity index (χ0n) is 21.9. The number of β-amino-alcohol motifs (C(OH)–C–C–N with tert-alkyl or cyclic N) is 1. The molecule has 3 aliphatic rings. The highest BCUT2D eigenvalue weighted by molar-refractivity contribution is 6.05. The van der Waals surface area contributed by atoms with Crippen LogP contribution in [0.1, 0.15) is 17.5 Å². The lowest BCUT2D eigenvalue weighted by Gasteiger charge is -2.43. The first-order valence-electron chi connectivity index (χ1n) is 12.9. The predicted molar refractivity (Wildman–Crippen MR) is 153 cm³/mol. The van der Waals surface area contributed by atoms with E-state index in [-0.39, 0.29) is 6.10 Å². The molecule has 200 valence electrons. The van der Waals surface area contributed by atoms with E-state index in [9.17, 15) is 10.4 Å². The molecule has 2 aromatic carbocycles. The molecule has 3 aliphatic heterocycles. The Kier molecular flexibility index (Phi) is 9.56. The highest BCUT2D eigenvalue weighted by Crippen LogP contribution is 2.26. The Morgan fingerprint density at radius 2 is 1.82 bits per heavy atom. The summed E-state index contributed by atoms with van der Waals surface area (Å²) in [5.74, 6) is 0.398. The van der Waals surface area contributed by atoms with Crippen molar-refractivity contribution in [2.75, 3.05) is 69.3 Å².